The van der Waals surface area contributed by atoms with E-state index in [0.717, 1.165) is 12.8 Å². The molecular formula is C13H21ClS. The highest BCUT2D eigenvalue weighted by Gasteiger charge is 2.04. The zero-order valence-electron chi connectivity index (χ0n) is 9.76. The van der Waals surface area contributed by atoms with Crippen LogP contribution < -0.4 is 0 Å². The monoisotopic (exact) mass is 244 g/mol. The third kappa shape index (κ3) is 5.03. The van der Waals surface area contributed by atoms with Crippen molar-refractivity contribution in [3.05, 3.63) is 21.9 Å². The van der Waals surface area contributed by atoms with Gasteiger partial charge in [0.05, 0.1) is 0 Å². The Labute approximate surface area is 103 Å². The lowest BCUT2D eigenvalue weighted by atomic mass is 10.1. The van der Waals surface area contributed by atoms with Gasteiger partial charge in [-0.1, -0.05) is 20.3 Å². The van der Waals surface area contributed by atoms with E-state index in [-0.39, 0.29) is 0 Å². The second kappa shape index (κ2) is 7.29. The summed E-state index contributed by atoms with van der Waals surface area (Å²) in [5, 5.41) is 0.389. The highest BCUT2D eigenvalue weighted by atomic mass is 35.5. The van der Waals surface area contributed by atoms with Crippen LogP contribution in [0.15, 0.2) is 12.1 Å². The maximum Gasteiger partial charge on any atom is 0.0336 e. The van der Waals surface area contributed by atoms with Gasteiger partial charge in [0.25, 0.3) is 0 Å². The van der Waals surface area contributed by atoms with Crippen LogP contribution in [0.4, 0.5) is 0 Å². The third-order valence-corrected chi connectivity index (χ3v) is 4.33. The lowest BCUT2D eigenvalue weighted by Gasteiger charge is -2.06. The minimum absolute atomic E-state index is 0.389. The Morgan fingerprint density at radius 1 is 1.20 bits per heavy atom. The van der Waals surface area contributed by atoms with E-state index in [1.165, 1.54) is 35.4 Å². The van der Waals surface area contributed by atoms with Crippen molar-refractivity contribution >= 4 is 22.9 Å². The van der Waals surface area contributed by atoms with Crippen LogP contribution in [0.25, 0.3) is 0 Å². The molecule has 15 heavy (non-hydrogen) atoms. The van der Waals surface area contributed by atoms with Gasteiger partial charge < -0.3 is 0 Å². The lowest BCUT2D eigenvalue weighted by Crippen LogP contribution is -1.97. The molecule has 0 radical (unpaired) electrons. The van der Waals surface area contributed by atoms with Gasteiger partial charge in [0.2, 0.25) is 0 Å². The summed E-state index contributed by atoms with van der Waals surface area (Å²) in [7, 11) is 0. The Bertz CT molecular complexity index is 267. The smallest absolute Gasteiger partial charge is 0.0336 e. The molecule has 1 unspecified atom stereocenters. The Balaban J connectivity index is 2.19. The highest BCUT2D eigenvalue weighted by molar-refractivity contribution is 7.11. The van der Waals surface area contributed by atoms with E-state index in [1.807, 2.05) is 11.3 Å². The first-order chi connectivity index (χ1) is 7.26. The van der Waals surface area contributed by atoms with Gasteiger partial charge in [0.1, 0.15) is 0 Å². The van der Waals surface area contributed by atoms with E-state index in [9.17, 15) is 0 Å². The van der Waals surface area contributed by atoms with E-state index in [1.54, 1.807) is 0 Å². The highest BCUT2D eigenvalue weighted by Crippen LogP contribution is 2.20. The molecule has 0 aliphatic heterocycles. The van der Waals surface area contributed by atoms with Crippen LogP contribution in [0, 0.1) is 0 Å². The van der Waals surface area contributed by atoms with Crippen molar-refractivity contribution < 1.29 is 0 Å². The van der Waals surface area contributed by atoms with E-state index < -0.39 is 0 Å². The molecular weight excluding hydrogens is 224 g/mol. The van der Waals surface area contributed by atoms with Crippen LogP contribution in [0.3, 0.4) is 0 Å². The van der Waals surface area contributed by atoms with E-state index in [0.29, 0.717) is 5.38 Å². The lowest BCUT2D eigenvalue weighted by molar-refractivity contribution is 0.642. The Morgan fingerprint density at radius 3 is 2.53 bits per heavy atom. The maximum absolute atomic E-state index is 6.18. The largest absolute Gasteiger partial charge is 0.145 e. The molecule has 0 N–H and O–H groups in total. The van der Waals surface area contributed by atoms with Crippen molar-refractivity contribution in [2.24, 2.45) is 0 Å². The Kier molecular flexibility index (Phi) is 6.35. The first-order valence-electron chi connectivity index (χ1n) is 5.97. The first kappa shape index (κ1) is 13.1. The van der Waals surface area contributed by atoms with Crippen molar-refractivity contribution in [3.8, 4) is 0 Å². The summed E-state index contributed by atoms with van der Waals surface area (Å²) in [5.74, 6) is 0. The van der Waals surface area contributed by atoms with E-state index >= 15 is 0 Å². The number of rotatable bonds is 7. The van der Waals surface area contributed by atoms with Crippen LogP contribution in [0.1, 0.15) is 49.3 Å². The molecule has 0 saturated heterocycles. The molecule has 0 nitrogen and oxygen atoms in total. The number of thiophene rings is 1. The second-order valence-corrected chi connectivity index (χ2v) is 5.87. The molecule has 0 aliphatic carbocycles. The molecule has 1 aromatic heterocycles. The molecule has 0 aliphatic rings. The number of aryl methyl sites for hydroxylation is 2. The predicted molar refractivity (Wildman–Crippen MR) is 71.2 cm³/mol. The van der Waals surface area contributed by atoms with Crippen molar-refractivity contribution in [2.75, 3.05) is 0 Å². The molecule has 0 bridgehead atoms. The predicted octanol–water partition coefficient (Wildman–Crippen LogP) is 5.04. The minimum Gasteiger partial charge on any atom is -0.145 e. The summed E-state index contributed by atoms with van der Waals surface area (Å²) in [6.07, 6.45) is 7.13. The molecule has 0 fully saturated rings. The molecule has 1 aromatic rings. The molecule has 1 atom stereocenters. The summed E-state index contributed by atoms with van der Waals surface area (Å²) >= 11 is 8.14. The number of hydrogen-bond acceptors (Lipinski definition) is 1. The summed E-state index contributed by atoms with van der Waals surface area (Å²) in [5.41, 5.74) is 0. The quantitative estimate of drug-likeness (QED) is 0.590. The fourth-order valence-corrected chi connectivity index (χ4v) is 3.07. The van der Waals surface area contributed by atoms with Crippen molar-refractivity contribution in [3.63, 3.8) is 0 Å². The van der Waals surface area contributed by atoms with E-state index in [4.69, 9.17) is 11.6 Å². The van der Waals surface area contributed by atoms with Gasteiger partial charge in [-0.25, -0.2) is 0 Å². The average Bonchev–Trinajstić information content (AvgIpc) is 2.66. The minimum atomic E-state index is 0.389. The zero-order chi connectivity index (χ0) is 11.1. The SMILES string of the molecule is CCCC(Cl)CCCc1ccc(CC)s1. The van der Waals surface area contributed by atoms with Crippen LogP contribution in [0.2, 0.25) is 0 Å². The molecule has 0 saturated carbocycles. The van der Waals surface area contributed by atoms with Crippen molar-refractivity contribution in [2.45, 2.75) is 57.7 Å². The number of hydrogen-bond donors (Lipinski definition) is 0. The molecule has 1 rings (SSSR count). The van der Waals surface area contributed by atoms with Gasteiger partial charge in [-0.2, -0.15) is 0 Å². The van der Waals surface area contributed by atoms with Gasteiger partial charge in [-0.05, 0) is 44.2 Å². The van der Waals surface area contributed by atoms with Crippen LogP contribution in [-0.2, 0) is 12.8 Å². The average molecular weight is 245 g/mol. The van der Waals surface area contributed by atoms with Gasteiger partial charge in [-0.3, -0.25) is 0 Å². The molecule has 0 aromatic carbocycles. The topological polar surface area (TPSA) is 0 Å². The second-order valence-electron chi connectivity index (χ2n) is 4.00. The molecule has 0 amide bonds. The van der Waals surface area contributed by atoms with Gasteiger partial charge in [0.15, 0.2) is 0 Å². The van der Waals surface area contributed by atoms with Gasteiger partial charge in [-0.15, -0.1) is 22.9 Å². The molecule has 0 spiro atoms. The summed E-state index contributed by atoms with van der Waals surface area (Å²) in [4.78, 5) is 3.02. The fraction of sp³-hybridized carbons (Fsp3) is 0.692. The number of alkyl halides is 1. The van der Waals surface area contributed by atoms with Gasteiger partial charge >= 0.3 is 0 Å². The van der Waals surface area contributed by atoms with Crippen LogP contribution in [-0.4, -0.2) is 5.38 Å². The standard InChI is InChI=1S/C13H21ClS/c1-3-6-11(14)7-5-8-13-10-9-12(4-2)15-13/h9-11H,3-8H2,1-2H3. The zero-order valence-corrected chi connectivity index (χ0v) is 11.3. The van der Waals surface area contributed by atoms with Crippen LogP contribution in [0.5, 0.6) is 0 Å². The van der Waals surface area contributed by atoms with Gasteiger partial charge in [0, 0.05) is 15.1 Å². The Morgan fingerprint density at radius 2 is 1.93 bits per heavy atom. The first-order valence-corrected chi connectivity index (χ1v) is 7.23. The third-order valence-electron chi connectivity index (χ3n) is 2.61. The summed E-state index contributed by atoms with van der Waals surface area (Å²) in [6.45, 7) is 4.41. The maximum atomic E-state index is 6.18. The fourth-order valence-electron chi connectivity index (χ4n) is 1.70. The normalized spacial score (nSPS) is 13.0. The molecule has 2 heteroatoms. The Hall–Kier alpha value is -0.0100. The number of halogens is 1. The van der Waals surface area contributed by atoms with E-state index in [2.05, 4.69) is 26.0 Å². The molecule has 1 heterocycles. The van der Waals surface area contributed by atoms with Crippen LogP contribution >= 0.6 is 22.9 Å². The van der Waals surface area contributed by atoms with Crippen molar-refractivity contribution in [1.82, 2.24) is 0 Å². The summed E-state index contributed by atoms with van der Waals surface area (Å²) < 4.78 is 0. The molecule has 86 valence electrons. The summed E-state index contributed by atoms with van der Waals surface area (Å²) in [6, 6.07) is 4.52. The van der Waals surface area contributed by atoms with Crippen molar-refractivity contribution in [1.29, 1.82) is 0 Å².